The molecule has 0 aromatic heterocycles. The van der Waals surface area contributed by atoms with Crippen LogP contribution in [-0.2, 0) is 16.3 Å². The normalized spacial score (nSPS) is 14.1. The van der Waals surface area contributed by atoms with Crippen LogP contribution >= 0.6 is 0 Å². The highest BCUT2D eigenvalue weighted by Crippen LogP contribution is 2.17. The van der Waals surface area contributed by atoms with E-state index < -0.39 is 9.84 Å². The largest absolute Gasteiger partial charge is 0.224 e. The highest BCUT2D eigenvalue weighted by Gasteiger charge is 2.10. The summed E-state index contributed by atoms with van der Waals surface area (Å²) in [5, 5.41) is 0. The van der Waals surface area contributed by atoms with E-state index in [2.05, 4.69) is 20.8 Å². The van der Waals surface area contributed by atoms with Gasteiger partial charge in [0.1, 0.15) is 0 Å². The van der Waals surface area contributed by atoms with Gasteiger partial charge in [0.05, 0.1) is 4.90 Å². The van der Waals surface area contributed by atoms with Crippen molar-refractivity contribution < 1.29 is 8.42 Å². The Morgan fingerprint density at radius 1 is 1.19 bits per heavy atom. The third-order valence-corrected chi connectivity index (χ3v) is 4.01. The molecule has 0 N–H and O–H groups in total. The van der Waals surface area contributed by atoms with Crippen molar-refractivity contribution >= 4 is 9.84 Å². The van der Waals surface area contributed by atoms with Crippen LogP contribution in [0.2, 0.25) is 0 Å². The second kappa shape index (κ2) is 5.00. The van der Waals surface area contributed by atoms with Crippen LogP contribution in [0.15, 0.2) is 29.2 Å². The molecule has 0 saturated heterocycles. The summed E-state index contributed by atoms with van der Waals surface area (Å²) in [6.45, 7) is 8.24. The maximum atomic E-state index is 11.3. The van der Waals surface area contributed by atoms with Gasteiger partial charge < -0.3 is 0 Å². The molecule has 0 bridgehead atoms. The molecule has 0 amide bonds. The van der Waals surface area contributed by atoms with Crippen LogP contribution in [-0.4, -0.2) is 14.7 Å². The number of hydrogen-bond acceptors (Lipinski definition) is 2. The zero-order valence-electron chi connectivity index (χ0n) is 10.1. The predicted molar refractivity (Wildman–Crippen MR) is 66.9 cm³/mol. The average molecular weight is 239 g/mol. The molecule has 89 valence electrons. The van der Waals surface area contributed by atoms with Crippen molar-refractivity contribution in [2.24, 2.45) is 11.8 Å². The first-order chi connectivity index (χ1) is 7.30. The molecule has 0 aliphatic heterocycles. The Balaban J connectivity index is 2.80. The van der Waals surface area contributed by atoms with E-state index in [0.717, 1.165) is 12.0 Å². The Bertz CT molecular complexity index is 430. The quantitative estimate of drug-likeness (QED) is 0.809. The van der Waals surface area contributed by atoms with Gasteiger partial charge in [-0.25, -0.2) is 8.42 Å². The smallest absolute Gasteiger partial charge is 0.175 e. The number of sulfone groups is 1. The summed E-state index contributed by atoms with van der Waals surface area (Å²) in [6.07, 6.45) is 2.16. The Morgan fingerprint density at radius 3 is 2.06 bits per heavy atom. The molecular formula is C13H19O2S. The Labute approximate surface area is 98.6 Å². The van der Waals surface area contributed by atoms with E-state index in [1.54, 1.807) is 12.1 Å². The standard InChI is InChI=1S/C13H19O2S/c1-10(2)11(3)9-12-5-7-13(8-6-12)16(4,14)15/h5-8,10-11H,1,9H2,2-4H3/t10?,11-/m0/s1. The van der Waals surface area contributed by atoms with Gasteiger partial charge in [-0.2, -0.15) is 0 Å². The van der Waals surface area contributed by atoms with E-state index in [-0.39, 0.29) is 0 Å². The van der Waals surface area contributed by atoms with Crippen molar-refractivity contribution in [1.29, 1.82) is 0 Å². The summed E-state index contributed by atoms with van der Waals surface area (Å²) in [4.78, 5) is 0.381. The molecule has 1 aromatic rings. The van der Waals surface area contributed by atoms with E-state index in [1.807, 2.05) is 12.1 Å². The van der Waals surface area contributed by atoms with Crippen molar-refractivity contribution in [3.8, 4) is 0 Å². The van der Waals surface area contributed by atoms with Crippen molar-refractivity contribution in [2.45, 2.75) is 25.2 Å². The predicted octanol–water partition coefficient (Wildman–Crippen LogP) is 2.74. The molecule has 1 unspecified atom stereocenters. The lowest BCUT2D eigenvalue weighted by molar-refractivity contribution is 0.454. The van der Waals surface area contributed by atoms with Gasteiger partial charge in [-0.1, -0.05) is 32.9 Å². The molecule has 0 aliphatic rings. The molecule has 1 rings (SSSR count). The van der Waals surface area contributed by atoms with Crippen LogP contribution in [0, 0.1) is 18.8 Å². The first-order valence-corrected chi connectivity index (χ1v) is 7.32. The molecule has 16 heavy (non-hydrogen) atoms. The van der Waals surface area contributed by atoms with Crippen LogP contribution in [0.1, 0.15) is 19.4 Å². The number of benzene rings is 1. The molecule has 0 heterocycles. The Hall–Kier alpha value is -0.830. The first kappa shape index (κ1) is 13.2. The second-order valence-corrected chi connectivity index (χ2v) is 6.59. The molecule has 0 saturated carbocycles. The third-order valence-electron chi connectivity index (χ3n) is 2.88. The average Bonchev–Trinajstić information content (AvgIpc) is 2.17. The van der Waals surface area contributed by atoms with Gasteiger partial charge in [-0.3, -0.25) is 0 Å². The van der Waals surface area contributed by atoms with Crippen LogP contribution in [0.3, 0.4) is 0 Å². The fourth-order valence-corrected chi connectivity index (χ4v) is 2.08. The molecule has 2 nitrogen and oxygen atoms in total. The number of hydrogen-bond donors (Lipinski definition) is 0. The summed E-state index contributed by atoms with van der Waals surface area (Å²) < 4.78 is 22.5. The lowest BCUT2D eigenvalue weighted by atomic mass is 9.91. The third kappa shape index (κ3) is 3.63. The van der Waals surface area contributed by atoms with Crippen molar-refractivity contribution in [1.82, 2.24) is 0 Å². The molecule has 0 spiro atoms. The highest BCUT2D eigenvalue weighted by molar-refractivity contribution is 7.90. The minimum atomic E-state index is -3.08. The molecule has 2 atom stereocenters. The Morgan fingerprint density at radius 2 is 1.69 bits per heavy atom. The van der Waals surface area contributed by atoms with E-state index in [0.29, 0.717) is 16.7 Å². The zero-order chi connectivity index (χ0) is 12.3. The summed E-state index contributed by atoms with van der Waals surface area (Å²) in [5.41, 5.74) is 1.16. The molecular weight excluding hydrogens is 220 g/mol. The minimum Gasteiger partial charge on any atom is -0.224 e. The maximum absolute atomic E-state index is 11.3. The summed E-state index contributed by atoms with van der Waals surface area (Å²) in [5.74, 6) is 0.902. The zero-order valence-corrected chi connectivity index (χ0v) is 10.9. The van der Waals surface area contributed by atoms with Gasteiger partial charge in [0.2, 0.25) is 0 Å². The highest BCUT2D eigenvalue weighted by atomic mass is 32.2. The van der Waals surface area contributed by atoms with Crippen LogP contribution in [0.25, 0.3) is 0 Å². The molecule has 0 fully saturated rings. The lowest BCUT2D eigenvalue weighted by Gasteiger charge is -2.15. The van der Waals surface area contributed by atoms with E-state index in [9.17, 15) is 8.42 Å². The van der Waals surface area contributed by atoms with Gasteiger partial charge in [0, 0.05) is 6.26 Å². The van der Waals surface area contributed by atoms with E-state index >= 15 is 0 Å². The lowest BCUT2D eigenvalue weighted by Crippen LogP contribution is -2.07. The summed E-state index contributed by atoms with van der Waals surface area (Å²) >= 11 is 0. The first-order valence-electron chi connectivity index (χ1n) is 5.43. The fourth-order valence-electron chi connectivity index (χ4n) is 1.45. The maximum Gasteiger partial charge on any atom is 0.175 e. The molecule has 3 heteroatoms. The monoisotopic (exact) mass is 239 g/mol. The van der Waals surface area contributed by atoms with Gasteiger partial charge in [-0.15, -0.1) is 0 Å². The second-order valence-electron chi connectivity index (χ2n) is 4.57. The minimum absolute atomic E-state index is 0.381. The van der Waals surface area contributed by atoms with E-state index in [1.165, 1.54) is 6.26 Å². The fraction of sp³-hybridized carbons (Fsp3) is 0.462. The van der Waals surface area contributed by atoms with Crippen molar-refractivity contribution in [2.75, 3.05) is 6.26 Å². The number of rotatable bonds is 4. The topological polar surface area (TPSA) is 34.1 Å². The van der Waals surface area contributed by atoms with Gasteiger partial charge in [-0.05, 0) is 36.0 Å². The summed E-state index contributed by atoms with van der Waals surface area (Å²) in [6, 6.07) is 7.11. The van der Waals surface area contributed by atoms with Crippen LogP contribution in [0.4, 0.5) is 0 Å². The molecule has 1 radical (unpaired) electrons. The van der Waals surface area contributed by atoms with Crippen molar-refractivity contribution in [3.05, 3.63) is 36.8 Å². The van der Waals surface area contributed by atoms with E-state index in [4.69, 9.17) is 0 Å². The van der Waals surface area contributed by atoms with Crippen LogP contribution in [0.5, 0.6) is 0 Å². The SMILES string of the molecule is [CH2]C(C)[C@@H](C)Cc1ccc(S(C)(=O)=O)cc1. The van der Waals surface area contributed by atoms with Gasteiger partial charge in [0.15, 0.2) is 9.84 Å². The molecule has 0 aliphatic carbocycles. The Kier molecular flexibility index (Phi) is 4.14. The summed E-state index contributed by atoms with van der Waals surface area (Å²) in [7, 11) is -3.08. The van der Waals surface area contributed by atoms with Crippen LogP contribution < -0.4 is 0 Å². The van der Waals surface area contributed by atoms with Gasteiger partial charge in [0.25, 0.3) is 0 Å². The van der Waals surface area contributed by atoms with Crippen molar-refractivity contribution in [3.63, 3.8) is 0 Å². The van der Waals surface area contributed by atoms with Gasteiger partial charge >= 0.3 is 0 Å². The molecule has 1 aromatic carbocycles.